The third-order valence-corrected chi connectivity index (χ3v) is 4.82. The fourth-order valence-electron chi connectivity index (χ4n) is 3.32. The number of halogens is 2. The number of alkyl halides is 2. The Kier molecular flexibility index (Phi) is 5.18. The summed E-state index contributed by atoms with van der Waals surface area (Å²) < 4.78 is 38.3. The first-order valence-corrected chi connectivity index (χ1v) is 9.06. The molecule has 154 valence electrons. The van der Waals surface area contributed by atoms with Crippen molar-refractivity contribution in [3.63, 3.8) is 0 Å². The average Bonchev–Trinajstić information content (AvgIpc) is 2.99. The predicted molar refractivity (Wildman–Crippen MR) is 107 cm³/mol. The van der Waals surface area contributed by atoms with E-state index in [4.69, 9.17) is 4.74 Å². The number of fused-ring (bicyclic) bond motifs is 1. The van der Waals surface area contributed by atoms with Crippen molar-refractivity contribution in [1.29, 1.82) is 0 Å². The average molecular weight is 412 g/mol. The second kappa shape index (κ2) is 7.94. The van der Waals surface area contributed by atoms with E-state index in [0.29, 0.717) is 16.5 Å². The van der Waals surface area contributed by atoms with Gasteiger partial charge < -0.3 is 9.47 Å². The smallest absolute Gasteiger partial charge is 0.387 e. The monoisotopic (exact) mass is 412 g/mol. The van der Waals surface area contributed by atoms with Gasteiger partial charge in [0.2, 0.25) is 0 Å². The normalized spacial score (nSPS) is 11.2. The summed E-state index contributed by atoms with van der Waals surface area (Å²) in [4.78, 5) is 20.9. The van der Waals surface area contributed by atoms with E-state index in [2.05, 4.69) is 14.7 Å². The van der Waals surface area contributed by atoms with Crippen LogP contribution < -0.4 is 15.0 Å². The molecule has 2 aromatic carbocycles. The minimum atomic E-state index is -2.93. The molecule has 2 heterocycles. The van der Waals surface area contributed by atoms with Crippen LogP contribution in [0, 0.1) is 0 Å². The molecular weight excluding hydrogens is 394 g/mol. The van der Waals surface area contributed by atoms with Gasteiger partial charge in [0.05, 0.1) is 24.6 Å². The molecule has 0 radical (unpaired) electrons. The maximum absolute atomic E-state index is 12.8. The molecule has 0 aliphatic heterocycles. The Bertz CT molecular complexity index is 1250. The molecule has 0 atom stereocenters. The van der Waals surface area contributed by atoms with E-state index < -0.39 is 6.61 Å². The third kappa shape index (κ3) is 3.61. The zero-order valence-corrected chi connectivity index (χ0v) is 16.3. The summed E-state index contributed by atoms with van der Waals surface area (Å²) in [5.74, 6) is 0.0708. The van der Waals surface area contributed by atoms with Crippen LogP contribution in [-0.4, -0.2) is 33.1 Å². The Morgan fingerprint density at radius 2 is 1.80 bits per heavy atom. The van der Waals surface area contributed by atoms with Gasteiger partial charge in [-0.15, -0.1) is 0 Å². The van der Waals surface area contributed by atoms with Gasteiger partial charge in [-0.1, -0.05) is 24.3 Å². The minimum absolute atomic E-state index is 0.0708. The van der Waals surface area contributed by atoms with Gasteiger partial charge in [0.1, 0.15) is 5.75 Å². The van der Waals surface area contributed by atoms with Gasteiger partial charge in [-0.2, -0.15) is 8.78 Å². The standard InChI is InChI=1S/C21H18F2N4O3/c1-26-19(28)16-8-7-13(15-10-24-21(29-2)25-11-15)9-17(16)27(26)12-14-5-3-4-6-18(14)30-20(22)23/h3-11,20H,12H2,1-2H3. The molecule has 0 fully saturated rings. The second-order valence-corrected chi connectivity index (χ2v) is 6.56. The van der Waals surface area contributed by atoms with Crippen molar-refractivity contribution in [3.05, 3.63) is 70.8 Å². The SMILES string of the molecule is COc1ncc(-c2ccc3c(=O)n(C)n(Cc4ccccc4OC(F)F)c3c2)cn1. The minimum Gasteiger partial charge on any atom is -0.467 e. The Balaban J connectivity index is 1.80. The lowest BCUT2D eigenvalue weighted by Crippen LogP contribution is -2.20. The van der Waals surface area contributed by atoms with E-state index >= 15 is 0 Å². The lowest BCUT2D eigenvalue weighted by Gasteiger charge is -2.14. The van der Waals surface area contributed by atoms with Crippen LogP contribution in [0.15, 0.2) is 59.7 Å². The second-order valence-electron chi connectivity index (χ2n) is 6.56. The largest absolute Gasteiger partial charge is 0.467 e. The first-order valence-electron chi connectivity index (χ1n) is 9.06. The van der Waals surface area contributed by atoms with Crippen molar-refractivity contribution in [2.45, 2.75) is 13.2 Å². The van der Waals surface area contributed by atoms with E-state index in [1.807, 2.05) is 12.1 Å². The number of ether oxygens (including phenoxy) is 2. The highest BCUT2D eigenvalue weighted by atomic mass is 19.3. The molecule has 9 heteroatoms. The van der Waals surface area contributed by atoms with Crippen molar-refractivity contribution in [1.82, 2.24) is 19.3 Å². The highest BCUT2D eigenvalue weighted by molar-refractivity contribution is 5.84. The first kappa shape index (κ1) is 19.6. The van der Waals surface area contributed by atoms with Crippen LogP contribution in [0.1, 0.15) is 5.56 Å². The fraction of sp³-hybridized carbons (Fsp3) is 0.190. The third-order valence-electron chi connectivity index (χ3n) is 4.82. The lowest BCUT2D eigenvalue weighted by atomic mass is 10.1. The summed E-state index contributed by atoms with van der Waals surface area (Å²) in [5.41, 5.74) is 2.56. The molecule has 4 aromatic rings. The number of hydrogen-bond donors (Lipinski definition) is 0. The molecule has 7 nitrogen and oxygen atoms in total. The van der Waals surface area contributed by atoms with Gasteiger partial charge in [0.25, 0.3) is 5.56 Å². The van der Waals surface area contributed by atoms with Crippen LogP contribution in [0.25, 0.3) is 22.0 Å². The Morgan fingerprint density at radius 1 is 1.07 bits per heavy atom. The van der Waals surface area contributed by atoms with Gasteiger partial charge in [0, 0.05) is 30.6 Å². The fourth-order valence-corrected chi connectivity index (χ4v) is 3.32. The van der Waals surface area contributed by atoms with Crippen molar-refractivity contribution in [2.75, 3.05) is 7.11 Å². The maximum Gasteiger partial charge on any atom is 0.387 e. The van der Waals surface area contributed by atoms with Crippen LogP contribution in [0.5, 0.6) is 11.8 Å². The predicted octanol–water partition coefficient (Wildman–Crippen LogP) is 3.46. The van der Waals surface area contributed by atoms with E-state index in [-0.39, 0.29) is 23.9 Å². The molecule has 4 rings (SSSR count). The number of hydrogen-bond acceptors (Lipinski definition) is 5. The van der Waals surface area contributed by atoms with Crippen LogP contribution in [0.4, 0.5) is 8.78 Å². The Hall–Kier alpha value is -3.75. The van der Waals surface area contributed by atoms with Crippen molar-refractivity contribution >= 4 is 10.9 Å². The molecule has 0 N–H and O–H groups in total. The van der Waals surface area contributed by atoms with E-state index in [1.165, 1.54) is 17.9 Å². The lowest BCUT2D eigenvalue weighted by molar-refractivity contribution is -0.0505. The topological polar surface area (TPSA) is 71.2 Å². The number of methoxy groups -OCH3 is 1. The molecule has 0 aliphatic carbocycles. The van der Waals surface area contributed by atoms with Gasteiger partial charge in [-0.3, -0.25) is 14.2 Å². The van der Waals surface area contributed by atoms with Crippen LogP contribution in [0.3, 0.4) is 0 Å². The summed E-state index contributed by atoms with van der Waals surface area (Å²) in [7, 11) is 3.12. The van der Waals surface area contributed by atoms with Crippen molar-refractivity contribution in [3.8, 4) is 22.9 Å². The molecule has 0 spiro atoms. The zero-order chi connectivity index (χ0) is 21.3. The number of aromatic nitrogens is 4. The highest BCUT2D eigenvalue weighted by Crippen LogP contribution is 2.26. The molecule has 0 saturated heterocycles. The molecular formula is C21H18F2N4O3. The number of para-hydroxylation sites is 1. The van der Waals surface area contributed by atoms with Crippen molar-refractivity contribution < 1.29 is 18.3 Å². The van der Waals surface area contributed by atoms with E-state index in [1.54, 1.807) is 48.4 Å². The van der Waals surface area contributed by atoms with Gasteiger partial charge >= 0.3 is 12.6 Å². The maximum atomic E-state index is 12.8. The number of nitrogens with zero attached hydrogens (tertiary/aromatic N) is 4. The molecule has 2 aromatic heterocycles. The summed E-state index contributed by atoms with van der Waals surface area (Å²) in [6, 6.07) is 12.2. The summed E-state index contributed by atoms with van der Waals surface area (Å²) in [5, 5.41) is 0.517. The Morgan fingerprint density at radius 3 is 2.50 bits per heavy atom. The summed E-state index contributed by atoms with van der Waals surface area (Å²) >= 11 is 0. The van der Waals surface area contributed by atoms with E-state index in [0.717, 1.165) is 11.1 Å². The van der Waals surface area contributed by atoms with Gasteiger partial charge in [-0.25, -0.2) is 9.97 Å². The molecule has 0 amide bonds. The summed E-state index contributed by atoms with van der Waals surface area (Å²) in [6.45, 7) is -2.75. The highest BCUT2D eigenvalue weighted by Gasteiger charge is 2.15. The first-order chi connectivity index (χ1) is 14.5. The molecule has 0 unspecified atom stereocenters. The van der Waals surface area contributed by atoms with Crippen molar-refractivity contribution in [2.24, 2.45) is 7.05 Å². The van der Waals surface area contributed by atoms with Crippen LogP contribution in [-0.2, 0) is 13.6 Å². The Labute approximate surface area is 170 Å². The molecule has 30 heavy (non-hydrogen) atoms. The quantitative estimate of drug-likeness (QED) is 0.485. The number of rotatable bonds is 6. The zero-order valence-electron chi connectivity index (χ0n) is 16.3. The van der Waals surface area contributed by atoms with Gasteiger partial charge in [0.15, 0.2) is 0 Å². The molecule has 0 bridgehead atoms. The molecule has 0 aliphatic rings. The summed E-state index contributed by atoms with van der Waals surface area (Å²) in [6.07, 6.45) is 3.26. The van der Waals surface area contributed by atoms with Crippen LogP contribution in [0.2, 0.25) is 0 Å². The van der Waals surface area contributed by atoms with Crippen LogP contribution >= 0.6 is 0 Å². The van der Waals surface area contributed by atoms with E-state index in [9.17, 15) is 13.6 Å². The molecule has 0 saturated carbocycles. The van der Waals surface area contributed by atoms with Gasteiger partial charge in [-0.05, 0) is 23.8 Å². The number of benzene rings is 2.